The largest absolute Gasteiger partial charge is 0.334 e. The van der Waals surface area contributed by atoms with Crippen molar-refractivity contribution in [3.8, 4) is 0 Å². The van der Waals surface area contributed by atoms with Gasteiger partial charge >= 0.3 is 0 Å². The Morgan fingerprint density at radius 3 is 2.73 bits per heavy atom. The van der Waals surface area contributed by atoms with Crippen LogP contribution in [0, 0.1) is 11.8 Å². The third-order valence-corrected chi connectivity index (χ3v) is 4.52. The van der Waals surface area contributed by atoms with Gasteiger partial charge in [0.1, 0.15) is 0 Å². The second-order valence-electron chi connectivity index (χ2n) is 7.21. The summed E-state index contributed by atoms with van der Waals surface area (Å²) in [5.41, 5.74) is 0.497. The van der Waals surface area contributed by atoms with Gasteiger partial charge in [0, 0.05) is 19.1 Å². The number of aryl methyl sites for hydroxylation is 1. The van der Waals surface area contributed by atoms with Crippen molar-refractivity contribution in [2.75, 3.05) is 6.54 Å². The van der Waals surface area contributed by atoms with Crippen LogP contribution in [0.25, 0.3) is 0 Å². The molecular weight excluding hydrogens is 276 g/mol. The third-order valence-electron chi connectivity index (χ3n) is 4.52. The van der Waals surface area contributed by atoms with Gasteiger partial charge in [-0.15, -0.1) is 5.10 Å². The summed E-state index contributed by atoms with van der Waals surface area (Å²) in [5.74, 6) is 1.16. The summed E-state index contributed by atoms with van der Waals surface area (Å²) >= 11 is 0. The van der Waals surface area contributed by atoms with Crippen molar-refractivity contribution >= 4 is 5.91 Å². The number of hydrogen-bond acceptors (Lipinski definition) is 3. The average molecular weight is 306 g/mol. The Morgan fingerprint density at radius 2 is 2.05 bits per heavy atom. The molecule has 0 aromatic carbocycles. The van der Waals surface area contributed by atoms with Crippen molar-refractivity contribution in [2.24, 2.45) is 11.8 Å². The SMILES string of the molecule is CC(C)CCn1cc(C(=O)N2CCCCC[C@H]2C(C)C)nn1. The zero-order chi connectivity index (χ0) is 16.1. The molecule has 2 rings (SSSR count). The van der Waals surface area contributed by atoms with Crippen LogP contribution in [0.3, 0.4) is 0 Å². The van der Waals surface area contributed by atoms with E-state index < -0.39 is 0 Å². The lowest BCUT2D eigenvalue weighted by atomic mass is 9.98. The highest BCUT2D eigenvalue weighted by Crippen LogP contribution is 2.24. The topological polar surface area (TPSA) is 51.0 Å². The van der Waals surface area contributed by atoms with Crippen LogP contribution in [0.5, 0.6) is 0 Å². The summed E-state index contributed by atoms with van der Waals surface area (Å²) in [4.78, 5) is 14.9. The van der Waals surface area contributed by atoms with Gasteiger partial charge in [0.15, 0.2) is 5.69 Å². The lowest BCUT2D eigenvalue weighted by Crippen LogP contribution is -2.43. The zero-order valence-electron chi connectivity index (χ0n) is 14.5. The van der Waals surface area contributed by atoms with Crippen LogP contribution in [0.1, 0.15) is 70.3 Å². The van der Waals surface area contributed by atoms with Crippen molar-refractivity contribution in [2.45, 2.75) is 72.4 Å². The first-order valence-corrected chi connectivity index (χ1v) is 8.70. The van der Waals surface area contributed by atoms with Crippen LogP contribution in [-0.2, 0) is 6.54 Å². The molecule has 2 heterocycles. The molecule has 0 spiro atoms. The minimum atomic E-state index is 0.0522. The maximum atomic E-state index is 12.8. The molecule has 22 heavy (non-hydrogen) atoms. The van der Waals surface area contributed by atoms with Gasteiger partial charge in [0.05, 0.1) is 6.20 Å². The Bertz CT molecular complexity index is 481. The molecule has 1 fully saturated rings. The van der Waals surface area contributed by atoms with Gasteiger partial charge in [-0.1, -0.05) is 45.7 Å². The number of hydrogen-bond donors (Lipinski definition) is 0. The summed E-state index contributed by atoms with van der Waals surface area (Å²) in [5, 5.41) is 8.23. The number of carbonyl (C=O) groups is 1. The van der Waals surface area contributed by atoms with E-state index in [4.69, 9.17) is 0 Å². The van der Waals surface area contributed by atoms with Crippen molar-refractivity contribution in [3.63, 3.8) is 0 Å². The Balaban J connectivity index is 2.08. The van der Waals surface area contributed by atoms with Gasteiger partial charge in [-0.3, -0.25) is 9.48 Å². The maximum Gasteiger partial charge on any atom is 0.276 e. The molecule has 1 aliphatic heterocycles. The third kappa shape index (κ3) is 4.31. The van der Waals surface area contributed by atoms with Crippen LogP contribution in [0.15, 0.2) is 6.20 Å². The van der Waals surface area contributed by atoms with E-state index in [2.05, 4.69) is 38.0 Å². The smallest absolute Gasteiger partial charge is 0.276 e. The van der Waals surface area contributed by atoms with E-state index in [1.54, 1.807) is 4.68 Å². The van der Waals surface area contributed by atoms with E-state index in [0.717, 1.165) is 32.4 Å². The minimum Gasteiger partial charge on any atom is -0.334 e. The fourth-order valence-corrected chi connectivity index (χ4v) is 3.12. The van der Waals surface area contributed by atoms with Gasteiger partial charge in [0.2, 0.25) is 0 Å². The monoisotopic (exact) mass is 306 g/mol. The Hall–Kier alpha value is -1.39. The van der Waals surface area contributed by atoms with E-state index >= 15 is 0 Å². The van der Waals surface area contributed by atoms with Crippen LogP contribution in [-0.4, -0.2) is 38.4 Å². The molecule has 1 aromatic rings. The number of likely N-dealkylation sites (tertiary alicyclic amines) is 1. The fraction of sp³-hybridized carbons (Fsp3) is 0.824. The molecule has 0 bridgehead atoms. The van der Waals surface area contributed by atoms with Crippen molar-refractivity contribution in [3.05, 3.63) is 11.9 Å². The van der Waals surface area contributed by atoms with Crippen LogP contribution < -0.4 is 0 Å². The first kappa shape index (κ1) is 17.0. The molecule has 1 atom stereocenters. The number of aromatic nitrogens is 3. The molecule has 0 N–H and O–H groups in total. The molecule has 5 nitrogen and oxygen atoms in total. The highest BCUT2D eigenvalue weighted by Gasteiger charge is 2.29. The van der Waals surface area contributed by atoms with Crippen LogP contribution >= 0.6 is 0 Å². The number of amides is 1. The predicted octanol–water partition coefficient (Wildman–Crippen LogP) is 3.37. The van der Waals surface area contributed by atoms with Crippen molar-refractivity contribution in [1.29, 1.82) is 0 Å². The molecule has 0 radical (unpaired) electrons. The van der Waals surface area contributed by atoms with Gasteiger partial charge < -0.3 is 4.90 Å². The van der Waals surface area contributed by atoms with Crippen molar-refractivity contribution < 1.29 is 4.79 Å². The average Bonchev–Trinajstić information content (AvgIpc) is 2.80. The lowest BCUT2D eigenvalue weighted by Gasteiger charge is -2.32. The van der Waals surface area contributed by atoms with Gasteiger partial charge in [-0.05, 0) is 31.1 Å². The van der Waals surface area contributed by atoms with Crippen LogP contribution in [0.4, 0.5) is 0 Å². The highest BCUT2D eigenvalue weighted by molar-refractivity contribution is 5.92. The molecule has 1 aliphatic rings. The number of carbonyl (C=O) groups excluding carboxylic acids is 1. The Kier molecular flexibility index (Phi) is 5.98. The summed E-state index contributed by atoms with van der Waals surface area (Å²) in [6, 6.07) is 0.329. The number of rotatable bonds is 5. The quantitative estimate of drug-likeness (QED) is 0.838. The molecular formula is C17H30N4O. The van der Waals surface area contributed by atoms with Crippen molar-refractivity contribution in [1.82, 2.24) is 19.9 Å². The summed E-state index contributed by atoms with van der Waals surface area (Å²) < 4.78 is 1.80. The van der Waals surface area contributed by atoms with Crippen LogP contribution in [0.2, 0.25) is 0 Å². The molecule has 5 heteroatoms. The first-order chi connectivity index (χ1) is 10.5. The zero-order valence-corrected chi connectivity index (χ0v) is 14.5. The molecule has 0 aliphatic carbocycles. The Morgan fingerprint density at radius 1 is 1.27 bits per heavy atom. The summed E-state index contributed by atoms with van der Waals surface area (Å²) in [7, 11) is 0. The Labute approximate surface area is 134 Å². The van der Waals surface area contributed by atoms with Gasteiger partial charge in [-0.2, -0.15) is 0 Å². The van der Waals surface area contributed by atoms with E-state index in [0.29, 0.717) is 23.6 Å². The molecule has 1 aromatic heterocycles. The van der Waals surface area contributed by atoms with E-state index in [-0.39, 0.29) is 5.91 Å². The van der Waals surface area contributed by atoms with E-state index in [9.17, 15) is 4.79 Å². The van der Waals surface area contributed by atoms with Gasteiger partial charge in [0.25, 0.3) is 5.91 Å². The van der Waals surface area contributed by atoms with E-state index in [1.807, 2.05) is 11.1 Å². The molecule has 1 amide bonds. The predicted molar refractivity (Wildman–Crippen MR) is 87.6 cm³/mol. The normalized spacial score (nSPS) is 19.7. The lowest BCUT2D eigenvalue weighted by molar-refractivity contribution is 0.0625. The summed E-state index contributed by atoms with van der Waals surface area (Å²) in [6.45, 7) is 10.5. The second kappa shape index (κ2) is 7.75. The molecule has 0 saturated carbocycles. The molecule has 124 valence electrons. The van der Waals surface area contributed by atoms with Gasteiger partial charge in [-0.25, -0.2) is 0 Å². The molecule has 1 saturated heterocycles. The molecule has 0 unspecified atom stereocenters. The first-order valence-electron chi connectivity index (χ1n) is 8.70. The summed E-state index contributed by atoms with van der Waals surface area (Å²) in [6.07, 6.45) is 7.49. The minimum absolute atomic E-state index is 0.0522. The standard InChI is InChI=1S/C17H30N4O/c1-13(2)9-11-20-12-15(18-19-20)17(22)21-10-7-5-6-8-16(21)14(3)4/h12-14,16H,5-11H2,1-4H3/t16-/m0/s1. The number of nitrogens with zero attached hydrogens (tertiary/aromatic N) is 4. The highest BCUT2D eigenvalue weighted by atomic mass is 16.2. The maximum absolute atomic E-state index is 12.8. The second-order valence-corrected chi connectivity index (χ2v) is 7.21. The van der Waals surface area contributed by atoms with E-state index in [1.165, 1.54) is 12.8 Å². The fourth-order valence-electron chi connectivity index (χ4n) is 3.12.